The van der Waals surface area contributed by atoms with Crippen LogP contribution in [0.3, 0.4) is 0 Å². The van der Waals surface area contributed by atoms with Gasteiger partial charge in [-0.2, -0.15) is 0 Å². The van der Waals surface area contributed by atoms with Crippen LogP contribution >= 0.6 is 0 Å². The summed E-state index contributed by atoms with van der Waals surface area (Å²) in [6.07, 6.45) is 68.7. The molecule has 6 heteroatoms. The van der Waals surface area contributed by atoms with Crippen molar-refractivity contribution in [1.82, 2.24) is 5.32 Å². The maximum absolute atomic E-state index is 13.2. The third-order valence-corrected chi connectivity index (χ3v) is 11.1. The van der Waals surface area contributed by atoms with Crippen LogP contribution in [0.1, 0.15) is 220 Å². The summed E-state index contributed by atoms with van der Waals surface area (Å²) in [5, 5.41) is 23.7. The lowest BCUT2D eigenvalue weighted by Crippen LogP contribution is -2.46. The Kier molecular flexibility index (Phi) is 47.8. The van der Waals surface area contributed by atoms with Gasteiger partial charge >= 0.3 is 5.97 Å². The predicted octanol–water partition coefficient (Wildman–Crippen LogP) is 15.9. The van der Waals surface area contributed by atoms with E-state index >= 15 is 0 Å². The van der Waals surface area contributed by atoms with Gasteiger partial charge in [0.05, 0.1) is 25.2 Å². The molecule has 0 aromatic rings. The van der Waals surface area contributed by atoms with Gasteiger partial charge in [-0.25, -0.2) is 0 Å². The number of amides is 1. The minimum absolute atomic E-state index is 0.0256. The topological polar surface area (TPSA) is 95.9 Å². The highest BCUT2D eigenvalue weighted by molar-refractivity contribution is 5.77. The number of carbonyl (C=O) groups excluding carboxylic acids is 2. The van der Waals surface area contributed by atoms with Gasteiger partial charge in [-0.3, -0.25) is 9.59 Å². The lowest BCUT2D eigenvalue weighted by atomic mass is 10.0. The highest BCUT2D eigenvalue weighted by atomic mass is 16.5. The molecule has 0 rings (SSSR count). The molecule has 3 N–H and O–H groups in total. The number of nitrogens with one attached hydrogen (secondary N) is 1. The van der Waals surface area contributed by atoms with E-state index < -0.39 is 18.2 Å². The van der Waals surface area contributed by atoms with Gasteiger partial charge in [0.1, 0.15) is 6.10 Å². The van der Waals surface area contributed by atoms with E-state index in [0.717, 1.165) is 103 Å². The van der Waals surface area contributed by atoms with E-state index in [9.17, 15) is 19.8 Å². The molecular weight excluding hydrogens is 791 g/mol. The molecule has 0 aromatic heterocycles. The van der Waals surface area contributed by atoms with Crippen LogP contribution in [0.15, 0.2) is 109 Å². The molecule has 0 aliphatic heterocycles. The third kappa shape index (κ3) is 45.1. The molecule has 0 spiro atoms. The number of carbonyl (C=O) groups is 2. The van der Waals surface area contributed by atoms with Crippen LogP contribution in [0.2, 0.25) is 0 Å². The summed E-state index contributed by atoms with van der Waals surface area (Å²) < 4.78 is 5.88. The molecule has 364 valence electrons. The van der Waals surface area contributed by atoms with E-state index in [1.807, 2.05) is 6.08 Å². The summed E-state index contributed by atoms with van der Waals surface area (Å²) in [7, 11) is 0. The first-order chi connectivity index (χ1) is 31.5. The number of hydrogen-bond acceptors (Lipinski definition) is 5. The Bertz CT molecular complexity index is 1320. The second-order valence-electron chi connectivity index (χ2n) is 17.2. The third-order valence-electron chi connectivity index (χ3n) is 11.1. The maximum atomic E-state index is 13.2. The number of rotatable bonds is 45. The van der Waals surface area contributed by atoms with Crippen molar-refractivity contribution >= 4 is 11.9 Å². The molecular formula is C58H97NO5. The summed E-state index contributed by atoms with van der Waals surface area (Å²) in [4.78, 5) is 26.1. The monoisotopic (exact) mass is 888 g/mol. The largest absolute Gasteiger partial charge is 0.462 e. The first kappa shape index (κ1) is 60.5. The van der Waals surface area contributed by atoms with Crippen LogP contribution in [0.4, 0.5) is 0 Å². The zero-order valence-corrected chi connectivity index (χ0v) is 41.4. The summed E-state index contributed by atoms with van der Waals surface area (Å²) in [5.74, 6) is -0.606. The Morgan fingerprint density at radius 3 is 1.31 bits per heavy atom. The summed E-state index contributed by atoms with van der Waals surface area (Å²) in [5.41, 5.74) is 0. The molecule has 3 unspecified atom stereocenters. The van der Waals surface area contributed by atoms with E-state index in [4.69, 9.17) is 4.74 Å². The molecule has 0 aromatic carbocycles. The molecule has 64 heavy (non-hydrogen) atoms. The Hall–Kier alpha value is -3.48. The SMILES string of the molecule is CC/C=C\C/C=C\C/C=C\C/C=C\C/C=C\C/C=C\CCC(=O)OC(CCCCCC/C=C\C/C=C\C/C=C\CCCCC)CC(=O)NC(CO)C(O)CCCCCCCCCCC. The molecule has 0 fully saturated rings. The number of aliphatic hydroxyl groups is 2. The average molecular weight is 888 g/mol. The summed E-state index contributed by atoms with van der Waals surface area (Å²) >= 11 is 0. The highest BCUT2D eigenvalue weighted by Gasteiger charge is 2.24. The van der Waals surface area contributed by atoms with E-state index in [0.29, 0.717) is 19.3 Å². The van der Waals surface area contributed by atoms with Gasteiger partial charge < -0.3 is 20.3 Å². The Labute approximate surface area is 394 Å². The molecule has 3 atom stereocenters. The Morgan fingerprint density at radius 1 is 0.469 bits per heavy atom. The molecule has 6 nitrogen and oxygen atoms in total. The van der Waals surface area contributed by atoms with E-state index in [2.05, 4.69) is 129 Å². The first-order valence-electron chi connectivity index (χ1n) is 26.1. The normalized spacial score (nSPS) is 14.1. The number of ether oxygens (including phenoxy) is 1. The number of aliphatic hydroxyl groups excluding tert-OH is 2. The standard InChI is InChI=1S/C58H97NO5/c1-4-7-10-13-16-19-21-23-25-27-28-30-32-34-36-39-42-45-48-51-58(63)64-54(49-46-43-40-38-35-33-31-29-26-24-22-20-17-14-11-8-5-2)52-57(62)59-55(53-60)56(61)50-47-44-41-37-18-15-12-9-6-3/h7,10,16-17,19-20,23-26,28,30-31,33-34,36,42,45,54-56,60-61H,4-6,8-9,11-15,18,21-22,27,29,32,35,37-41,43-44,46-53H2,1-3H3,(H,59,62)/b10-7-,19-16-,20-17-,25-23-,26-24-,30-28-,33-31-,36-34-,45-42-. The van der Waals surface area contributed by atoms with Gasteiger partial charge in [0.25, 0.3) is 0 Å². The molecule has 0 saturated carbocycles. The fraction of sp³-hybridized carbons (Fsp3) is 0.655. The highest BCUT2D eigenvalue weighted by Crippen LogP contribution is 2.16. The summed E-state index contributed by atoms with van der Waals surface area (Å²) in [6.45, 7) is 6.29. The zero-order chi connectivity index (χ0) is 46.7. The minimum atomic E-state index is -0.812. The second-order valence-corrected chi connectivity index (χ2v) is 17.2. The van der Waals surface area contributed by atoms with Crippen molar-refractivity contribution < 1.29 is 24.5 Å². The molecule has 0 radical (unpaired) electrons. The number of hydrogen-bond donors (Lipinski definition) is 3. The van der Waals surface area contributed by atoms with Crippen molar-refractivity contribution in [3.05, 3.63) is 109 Å². The number of unbranched alkanes of at least 4 members (excludes halogenated alkanes) is 15. The molecule has 1 amide bonds. The fourth-order valence-electron chi connectivity index (χ4n) is 7.17. The van der Waals surface area contributed by atoms with Crippen LogP contribution in [0.5, 0.6) is 0 Å². The van der Waals surface area contributed by atoms with Gasteiger partial charge in [0, 0.05) is 6.42 Å². The van der Waals surface area contributed by atoms with Gasteiger partial charge in [-0.05, 0) is 103 Å². The molecule has 0 heterocycles. The minimum Gasteiger partial charge on any atom is -0.462 e. The van der Waals surface area contributed by atoms with Crippen LogP contribution in [-0.2, 0) is 14.3 Å². The van der Waals surface area contributed by atoms with Gasteiger partial charge in [0.15, 0.2) is 0 Å². The van der Waals surface area contributed by atoms with Crippen molar-refractivity contribution in [2.45, 2.75) is 238 Å². The van der Waals surface area contributed by atoms with Crippen LogP contribution in [0.25, 0.3) is 0 Å². The molecule has 0 saturated heterocycles. The fourth-order valence-corrected chi connectivity index (χ4v) is 7.17. The maximum Gasteiger partial charge on any atom is 0.306 e. The van der Waals surface area contributed by atoms with Crippen molar-refractivity contribution in [3.8, 4) is 0 Å². The van der Waals surface area contributed by atoms with Crippen LogP contribution < -0.4 is 5.32 Å². The van der Waals surface area contributed by atoms with Crippen molar-refractivity contribution in [3.63, 3.8) is 0 Å². The van der Waals surface area contributed by atoms with Crippen molar-refractivity contribution in [2.75, 3.05) is 6.61 Å². The molecule has 0 bridgehead atoms. The lowest BCUT2D eigenvalue weighted by Gasteiger charge is -2.24. The van der Waals surface area contributed by atoms with Crippen LogP contribution in [-0.4, -0.2) is 46.9 Å². The molecule has 0 aliphatic carbocycles. The lowest BCUT2D eigenvalue weighted by molar-refractivity contribution is -0.150. The number of esters is 1. The summed E-state index contributed by atoms with van der Waals surface area (Å²) in [6, 6.07) is -0.730. The zero-order valence-electron chi connectivity index (χ0n) is 41.4. The van der Waals surface area contributed by atoms with Gasteiger partial charge in [-0.1, -0.05) is 214 Å². The van der Waals surface area contributed by atoms with E-state index in [1.54, 1.807) is 0 Å². The smallest absolute Gasteiger partial charge is 0.306 e. The second kappa shape index (κ2) is 50.5. The van der Waals surface area contributed by atoms with E-state index in [-0.39, 0.29) is 31.3 Å². The first-order valence-corrected chi connectivity index (χ1v) is 26.1. The van der Waals surface area contributed by atoms with Crippen LogP contribution in [0, 0.1) is 0 Å². The number of allylic oxidation sites excluding steroid dienone is 18. The predicted molar refractivity (Wildman–Crippen MR) is 277 cm³/mol. The Balaban J connectivity index is 4.77. The van der Waals surface area contributed by atoms with Crippen molar-refractivity contribution in [2.24, 2.45) is 0 Å². The Morgan fingerprint density at radius 2 is 0.844 bits per heavy atom. The molecule has 0 aliphatic rings. The van der Waals surface area contributed by atoms with Gasteiger partial charge in [0.2, 0.25) is 5.91 Å². The van der Waals surface area contributed by atoms with Gasteiger partial charge in [-0.15, -0.1) is 0 Å². The quantitative estimate of drug-likeness (QED) is 0.0322. The average Bonchev–Trinajstić information content (AvgIpc) is 3.29. The van der Waals surface area contributed by atoms with Crippen molar-refractivity contribution in [1.29, 1.82) is 0 Å². The van der Waals surface area contributed by atoms with E-state index in [1.165, 1.54) is 64.2 Å².